The number of nitrogens with two attached hydrogens (primary N) is 1. The minimum atomic E-state index is -0.112. The van der Waals surface area contributed by atoms with Crippen molar-refractivity contribution in [3.05, 3.63) is 66.2 Å². The topological polar surface area (TPSA) is 35.2 Å². The van der Waals surface area contributed by atoms with Crippen LogP contribution in [0.25, 0.3) is 0 Å². The smallest absolute Gasteiger partial charge is 0.138 e. The van der Waals surface area contributed by atoms with Crippen LogP contribution in [0.2, 0.25) is 0 Å². The maximum absolute atomic E-state index is 5.99. The summed E-state index contributed by atoms with van der Waals surface area (Å²) in [5.74, 6) is 0.846. The molecule has 0 fully saturated rings. The molecule has 0 aromatic heterocycles. The summed E-state index contributed by atoms with van der Waals surface area (Å²) < 4.78 is 5.94. The van der Waals surface area contributed by atoms with Gasteiger partial charge in [0.1, 0.15) is 11.9 Å². The highest BCUT2D eigenvalue weighted by Crippen LogP contribution is 2.23. The zero-order valence-corrected chi connectivity index (χ0v) is 9.91. The Morgan fingerprint density at radius 1 is 0.882 bits per heavy atom. The predicted molar refractivity (Wildman–Crippen MR) is 69.9 cm³/mol. The first kappa shape index (κ1) is 11.7. The highest BCUT2D eigenvalue weighted by molar-refractivity contribution is 5.25. The SMILES string of the molecule is C[C@H](N)[C@H](Oc1ccccc1)c1ccccc1. The summed E-state index contributed by atoms with van der Waals surface area (Å²) in [7, 11) is 0. The molecule has 2 N–H and O–H groups in total. The van der Waals surface area contributed by atoms with Gasteiger partial charge < -0.3 is 10.5 Å². The molecule has 0 spiro atoms. The van der Waals surface area contributed by atoms with E-state index in [1.165, 1.54) is 0 Å². The molecule has 0 aliphatic heterocycles. The Kier molecular flexibility index (Phi) is 3.78. The molecular weight excluding hydrogens is 210 g/mol. The third-order valence-electron chi connectivity index (χ3n) is 2.61. The molecule has 2 aromatic rings. The van der Waals surface area contributed by atoms with E-state index in [4.69, 9.17) is 10.5 Å². The number of benzene rings is 2. The van der Waals surface area contributed by atoms with Crippen molar-refractivity contribution in [2.45, 2.75) is 19.1 Å². The van der Waals surface area contributed by atoms with E-state index in [1.54, 1.807) is 0 Å². The molecule has 0 heterocycles. The lowest BCUT2D eigenvalue weighted by Gasteiger charge is -2.22. The second-order valence-electron chi connectivity index (χ2n) is 4.12. The Balaban J connectivity index is 2.20. The van der Waals surface area contributed by atoms with Crippen LogP contribution in [0.3, 0.4) is 0 Å². The van der Waals surface area contributed by atoms with Gasteiger partial charge in [0.15, 0.2) is 0 Å². The molecule has 0 radical (unpaired) electrons. The van der Waals surface area contributed by atoms with Crippen LogP contribution in [0.4, 0.5) is 0 Å². The zero-order chi connectivity index (χ0) is 12.1. The Labute approximate surface area is 102 Å². The molecule has 2 rings (SSSR count). The van der Waals surface area contributed by atoms with Gasteiger partial charge in [0.25, 0.3) is 0 Å². The molecule has 0 bridgehead atoms. The Bertz CT molecular complexity index is 439. The lowest BCUT2D eigenvalue weighted by Crippen LogP contribution is -2.28. The monoisotopic (exact) mass is 227 g/mol. The molecule has 2 atom stereocenters. The molecule has 0 amide bonds. The van der Waals surface area contributed by atoms with Crippen LogP contribution in [0.5, 0.6) is 5.75 Å². The van der Waals surface area contributed by atoms with Crippen molar-refractivity contribution >= 4 is 0 Å². The summed E-state index contributed by atoms with van der Waals surface area (Å²) in [6.45, 7) is 1.96. The van der Waals surface area contributed by atoms with Crippen LogP contribution in [-0.4, -0.2) is 6.04 Å². The maximum atomic E-state index is 5.99. The van der Waals surface area contributed by atoms with E-state index in [0.717, 1.165) is 11.3 Å². The van der Waals surface area contributed by atoms with Crippen molar-refractivity contribution in [3.8, 4) is 5.75 Å². The third kappa shape index (κ3) is 3.08. The van der Waals surface area contributed by atoms with Gasteiger partial charge in [0, 0.05) is 6.04 Å². The minimum Gasteiger partial charge on any atom is -0.484 e. The Morgan fingerprint density at radius 3 is 1.94 bits per heavy atom. The molecule has 17 heavy (non-hydrogen) atoms. The van der Waals surface area contributed by atoms with Gasteiger partial charge in [0.05, 0.1) is 0 Å². The van der Waals surface area contributed by atoms with Crippen molar-refractivity contribution < 1.29 is 4.74 Å². The predicted octanol–water partition coefficient (Wildman–Crippen LogP) is 3.15. The van der Waals surface area contributed by atoms with Gasteiger partial charge in [0.2, 0.25) is 0 Å². The van der Waals surface area contributed by atoms with Gasteiger partial charge in [-0.2, -0.15) is 0 Å². The number of para-hydroxylation sites is 1. The maximum Gasteiger partial charge on any atom is 0.138 e. The summed E-state index contributed by atoms with van der Waals surface area (Å²) in [5.41, 5.74) is 7.09. The van der Waals surface area contributed by atoms with E-state index in [0.29, 0.717) is 0 Å². The highest BCUT2D eigenvalue weighted by Gasteiger charge is 2.17. The third-order valence-corrected chi connectivity index (χ3v) is 2.61. The van der Waals surface area contributed by atoms with Crippen molar-refractivity contribution in [2.24, 2.45) is 5.73 Å². The lowest BCUT2D eigenvalue weighted by atomic mass is 10.0. The normalized spacial score (nSPS) is 14.0. The van der Waals surface area contributed by atoms with Crippen LogP contribution in [0.1, 0.15) is 18.6 Å². The van der Waals surface area contributed by atoms with Crippen LogP contribution in [0, 0.1) is 0 Å². The molecule has 0 unspecified atom stereocenters. The second-order valence-corrected chi connectivity index (χ2v) is 4.12. The van der Waals surface area contributed by atoms with E-state index < -0.39 is 0 Å². The van der Waals surface area contributed by atoms with Crippen LogP contribution < -0.4 is 10.5 Å². The summed E-state index contributed by atoms with van der Waals surface area (Å²) in [6.07, 6.45) is -0.112. The molecule has 0 aliphatic carbocycles. The fourth-order valence-corrected chi connectivity index (χ4v) is 1.77. The van der Waals surface area contributed by atoms with Gasteiger partial charge in [-0.15, -0.1) is 0 Å². The van der Waals surface area contributed by atoms with E-state index in [9.17, 15) is 0 Å². The Morgan fingerprint density at radius 2 is 1.41 bits per heavy atom. The summed E-state index contributed by atoms with van der Waals surface area (Å²) in [6, 6.07) is 19.8. The molecule has 0 saturated carbocycles. The summed E-state index contributed by atoms with van der Waals surface area (Å²) in [4.78, 5) is 0. The summed E-state index contributed by atoms with van der Waals surface area (Å²) >= 11 is 0. The highest BCUT2D eigenvalue weighted by atomic mass is 16.5. The largest absolute Gasteiger partial charge is 0.484 e. The quantitative estimate of drug-likeness (QED) is 0.870. The van der Waals surface area contributed by atoms with Crippen molar-refractivity contribution in [1.82, 2.24) is 0 Å². The molecule has 2 heteroatoms. The first-order valence-electron chi connectivity index (χ1n) is 5.79. The zero-order valence-electron chi connectivity index (χ0n) is 9.91. The van der Waals surface area contributed by atoms with Gasteiger partial charge in [-0.1, -0.05) is 48.5 Å². The van der Waals surface area contributed by atoms with Gasteiger partial charge in [-0.3, -0.25) is 0 Å². The Hall–Kier alpha value is -1.80. The first-order chi connectivity index (χ1) is 8.27. The molecule has 88 valence electrons. The fraction of sp³-hybridized carbons (Fsp3) is 0.200. The number of ether oxygens (including phenoxy) is 1. The summed E-state index contributed by atoms with van der Waals surface area (Å²) in [5, 5.41) is 0. The van der Waals surface area contributed by atoms with Crippen LogP contribution >= 0.6 is 0 Å². The first-order valence-corrected chi connectivity index (χ1v) is 5.79. The molecule has 0 aliphatic rings. The second kappa shape index (κ2) is 5.51. The van der Waals surface area contributed by atoms with Gasteiger partial charge in [-0.25, -0.2) is 0 Å². The molecule has 2 nitrogen and oxygen atoms in total. The van der Waals surface area contributed by atoms with E-state index in [1.807, 2.05) is 67.6 Å². The fourth-order valence-electron chi connectivity index (χ4n) is 1.77. The number of rotatable bonds is 4. The lowest BCUT2D eigenvalue weighted by molar-refractivity contribution is 0.180. The number of hydrogen-bond acceptors (Lipinski definition) is 2. The van der Waals surface area contributed by atoms with Crippen LogP contribution in [-0.2, 0) is 0 Å². The minimum absolute atomic E-state index is 0.0578. The van der Waals surface area contributed by atoms with Crippen molar-refractivity contribution in [3.63, 3.8) is 0 Å². The average Bonchev–Trinajstić information content (AvgIpc) is 2.38. The standard InChI is InChI=1S/C15H17NO/c1-12(16)15(13-8-4-2-5-9-13)17-14-10-6-3-7-11-14/h2-12,15H,16H2,1H3/t12-,15-/m0/s1. The van der Waals surface area contributed by atoms with Crippen molar-refractivity contribution in [1.29, 1.82) is 0 Å². The van der Waals surface area contributed by atoms with Crippen molar-refractivity contribution in [2.75, 3.05) is 0 Å². The molecule has 2 aromatic carbocycles. The van der Waals surface area contributed by atoms with Crippen LogP contribution in [0.15, 0.2) is 60.7 Å². The van der Waals surface area contributed by atoms with Gasteiger partial charge in [-0.05, 0) is 24.6 Å². The average molecular weight is 227 g/mol. The van der Waals surface area contributed by atoms with E-state index >= 15 is 0 Å². The molecular formula is C15H17NO. The van der Waals surface area contributed by atoms with E-state index in [-0.39, 0.29) is 12.1 Å². The van der Waals surface area contributed by atoms with E-state index in [2.05, 4.69) is 0 Å². The number of hydrogen-bond donors (Lipinski definition) is 1. The van der Waals surface area contributed by atoms with Gasteiger partial charge >= 0.3 is 0 Å². The molecule has 0 saturated heterocycles.